The first-order chi connectivity index (χ1) is 19.2. The van der Waals surface area contributed by atoms with E-state index in [4.69, 9.17) is 19.2 Å². The molecule has 0 saturated carbocycles. The molecule has 11 nitrogen and oxygen atoms in total. The Bertz CT molecular complexity index is 1240. The number of hydrogen-bond acceptors (Lipinski definition) is 11. The lowest BCUT2D eigenvalue weighted by molar-refractivity contribution is 0.0728. The van der Waals surface area contributed by atoms with Crippen LogP contribution in [0.15, 0.2) is 53.6 Å². The van der Waals surface area contributed by atoms with Crippen molar-refractivity contribution in [1.29, 1.82) is 0 Å². The van der Waals surface area contributed by atoms with E-state index in [1.54, 1.807) is 48.7 Å². The normalized spacial score (nSPS) is 15.8. The molecule has 2 saturated heterocycles. The Kier molecular flexibility index (Phi) is 8.79. The van der Waals surface area contributed by atoms with Crippen LogP contribution in [-0.4, -0.2) is 73.1 Å². The highest BCUT2D eigenvalue weighted by Gasteiger charge is 2.20. The van der Waals surface area contributed by atoms with Crippen LogP contribution in [0.25, 0.3) is 0 Å². The molecule has 204 valence electrons. The van der Waals surface area contributed by atoms with Crippen LogP contribution in [0.5, 0.6) is 11.5 Å². The number of hydrogen-bond donors (Lipinski definition) is 1. The Morgan fingerprint density at radius 3 is 2.38 bits per heavy atom. The van der Waals surface area contributed by atoms with E-state index in [1.807, 2.05) is 13.0 Å². The number of esters is 1. The zero-order valence-electron chi connectivity index (χ0n) is 22.1. The summed E-state index contributed by atoms with van der Waals surface area (Å²) >= 11 is 0. The topological polar surface area (TPSA) is 114 Å². The lowest BCUT2D eigenvalue weighted by Crippen LogP contribution is -2.38. The third-order valence-corrected chi connectivity index (χ3v) is 6.40. The van der Waals surface area contributed by atoms with Gasteiger partial charge in [0, 0.05) is 26.2 Å². The highest BCUT2D eigenvalue weighted by atomic mass is 16.6. The summed E-state index contributed by atoms with van der Waals surface area (Å²) in [6.07, 6.45) is 5.11. The molecule has 0 aliphatic carbocycles. The molecule has 0 atom stereocenters. The fourth-order valence-corrected chi connectivity index (χ4v) is 4.40. The summed E-state index contributed by atoms with van der Waals surface area (Å²) in [6, 6.07) is 14.1. The predicted octanol–water partition coefficient (Wildman–Crippen LogP) is 3.76. The van der Waals surface area contributed by atoms with Crippen LogP contribution in [-0.2, 0) is 4.74 Å². The summed E-state index contributed by atoms with van der Waals surface area (Å²) in [5, 5.41) is 4.37. The number of ether oxygens (including phenoxy) is 3. The van der Waals surface area contributed by atoms with Crippen molar-refractivity contribution in [2.45, 2.75) is 26.2 Å². The van der Waals surface area contributed by atoms with E-state index in [0.29, 0.717) is 54.7 Å². The van der Waals surface area contributed by atoms with Crippen molar-refractivity contribution < 1.29 is 19.0 Å². The summed E-state index contributed by atoms with van der Waals surface area (Å²) < 4.78 is 16.8. The SMILES string of the molecule is CCOc1cc(/C=N\Nc2nc(N3CCCCC3)nc(N3CCOCC3)n2)ccc1OC(=O)c1ccccc1. The molecule has 2 aliphatic heterocycles. The Labute approximate surface area is 227 Å². The van der Waals surface area contributed by atoms with E-state index in [1.165, 1.54) is 6.42 Å². The number of aromatic nitrogens is 3. The van der Waals surface area contributed by atoms with Crippen LogP contribution in [0.2, 0.25) is 0 Å². The molecule has 0 spiro atoms. The van der Waals surface area contributed by atoms with Crippen molar-refractivity contribution in [3.63, 3.8) is 0 Å². The molecule has 1 aromatic heterocycles. The number of carbonyl (C=O) groups excluding carboxylic acids is 1. The number of benzene rings is 2. The molecule has 3 heterocycles. The number of nitrogens with one attached hydrogen (secondary N) is 1. The lowest BCUT2D eigenvalue weighted by atomic mass is 10.1. The first kappa shape index (κ1) is 26.4. The van der Waals surface area contributed by atoms with Gasteiger partial charge in [0.05, 0.1) is 31.6 Å². The van der Waals surface area contributed by atoms with Crippen molar-refractivity contribution in [2.24, 2.45) is 5.10 Å². The molecule has 2 aliphatic rings. The minimum Gasteiger partial charge on any atom is -0.490 e. The average Bonchev–Trinajstić information content (AvgIpc) is 3.00. The van der Waals surface area contributed by atoms with E-state index in [2.05, 4.69) is 30.3 Å². The standard InChI is InChI=1S/C28H33N7O4/c1-2-38-24-19-21(11-12-23(24)39-25(36)22-9-5-3-6-10-22)20-29-33-26-30-27(34-13-7-4-8-14-34)32-28(31-26)35-15-17-37-18-16-35/h3,5-6,9-12,19-20H,2,4,7-8,13-18H2,1H3,(H,30,31,32,33)/b29-20-. The molecule has 0 amide bonds. The van der Waals surface area contributed by atoms with Gasteiger partial charge < -0.3 is 24.0 Å². The molecule has 0 radical (unpaired) electrons. The molecular formula is C28H33N7O4. The van der Waals surface area contributed by atoms with Gasteiger partial charge in [0.25, 0.3) is 0 Å². The van der Waals surface area contributed by atoms with E-state index < -0.39 is 5.97 Å². The van der Waals surface area contributed by atoms with Crippen LogP contribution in [0, 0.1) is 0 Å². The van der Waals surface area contributed by atoms with Gasteiger partial charge in [-0.3, -0.25) is 0 Å². The number of carbonyl (C=O) groups is 1. The fraction of sp³-hybridized carbons (Fsp3) is 0.393. The Balaban J connectivity index is 1.32. The second kappa shape index (κ2) is 13.0. The molecular weight excluding hydrogens is 498 g/mol. The van der Waals surface area contributed by atoms with E-state index in [0.717, 1.165) is 44.6 Å². The van der Waals surface area contributed by atoms with Crippen LogP contribution in [0.4, 0.5) is 17.8 Å². The molecule has 11 heteroatoms. The fourth-order valence-electron chi connectivity index (χ4n) is 4.40. The molecule has 0 unspecified atom stereocenters. The van der Waals surface area contributed by atoms with Crippen molar-refractivity contribution in [3.05, 3.63) is 59.7 Å². The Morgan fingerprint density at radius 2 is 1.67 bits per heavy atom. The van der Waals surface area contributed by atoms with Crippen molar-refractivity contribution in [1.82, 2.24) is 15.0 Å². The smallest absolute Gasteiger partial charge is 0.343 e. The summed E-state index contributed by atoms with van der Waals surface area (Å²) in [7, 11) is 0. The van der Waals surface area contributed by atoms with Gasteiger partial charge in [0.1, 0.15) is 0 Å². The van der Waals surface area contributed by atoms with E-state index >= 15 is 0 Å². The number of piperidine rings is 1. The highest BCUT2D eigenvalue weighted by Crippen LogP contribution is 2.29. The lowest BCUT2D eigenvalue weighted by Gasteiger charge is -2.30. The first-order valence-corrected chi connectivity index (χ1v) is 13.4. The first-order valence-electron chi connectivity index (χ1n) is 13.4. The summed E-state index contributed by atoms with van der Waals surface area (Å²) in [5.74, 6) is 2.00. The third-order valence-electron chi connectivity index (χ3n) is 6.40. The number of rotatable bonds is 9. The number of nitrogens with zero attached hydrogens (tertiary/aromatic N) is 6. The van der Waals surface area contributed by atoms with Gasteiger partial charge >= 0.3 is 5.97 Å². The molecule has 2 aromatic carbocycles. The van der Waals surface area contributed by atoms with E-state index in [9.17, 15) is 4.79 Å². The van der Waals surface area contributed by atoms with Crippen molar-refractivity contribution in [2.75, 3.05) is 61.2 Å². The molecule has 5 rings (SSSR count). The Hall–Kier alpha value is -4.25. The van der Waals surface area contributed by atoms with Gasteiger partial charge in [-0.1, -0.05) is 18.2 Å². The predicted molar refractivity (Wildman–Crippen MR) is 149 cm³/mol. The number of morpholine rings is 1. The minimum atomic E-state index is -0.449. The van der Waals surface area contributed by atoms with Crippen LogP contribution in [0.1, 0.15) is 42.1 Å². The van der Waals surface area contributed by atoms with Gasteiger partial charge in [0.2, 0.25) is 17.8 Å². The average molecular weight is 532 g/mol. The summed E-state index contributed by atoms with van der Waals surface area (Å²) in [5.41, 5.74) is 4.19. The zero-order chi connectivity index (χ0) is 26.9. The highest BCUT2D eigenvalue weighted by molar-refractivity contribution is 5.91. The largest absolute Gasteiger partial charge is 0.490 e. The van der Waals surface area contributed by atoms with Gasteiger partial charge in [0.15, 0.2) is 11.5 Å². The van der Waals surface area contributed by atoms with Crippen LogP contribution >= 0.6 is 0 Å². The third kappa shape index (κ3) is 6.99. The maximum Gasteiger partial charge on any atom is 0.343 e. The second-order valence-electron chi connectivity index (χ2n) is 9.17. The number of hydrazone groups is 1. The molecule has 0 bridgehead atoms. The van der Waals surface area contributed by atoms with Crippen molar-refractivity contribution in [3.8, 4) is 11.5 Å². The summed E-state index contributed by atoms with van der Waals surface area (Å²) in [4.78, 5) is 30.9. The van der Waals surface area contributed by atoms with Crippen LogP contribution < -0.4 is 24.7 Å². The van der Waals surface area contributed by atoms with Gasteiger partial charge in [-0.05, 0) is 62.1 Å². The van der Waals surface area contributed by atoms with Crippen molar-refractivity contribution >= 4 is 30.0 Å². The Morgan fingerprint density at radius 1 is 0.949 bits per heavy atom. The van der Waals surface area contributed by atoms with Gasteiger partial charge in [-0.25, -0.2) is 10.2 Å². The zero-order valence-corrected chi connectivity index (χ0v) is 22.1. The van der Waals surface area contributed by atoms with Crippen LogP contribution in [0.3, 0.4) is 0 Å². The second-order valence-corrected chi connectivity index (χ2v) is 9.17. The maximum absolute atomic E-state index is 12.5. The quantitative estimate of drug-likeness (QED) is 0.189. The molecule has 39 heavy (non-hydrogen) atoms. The molecule has 2 fully saturated rings. The summed E-state index contributed by atoms with van der Waals surface area (Å²) in [6.45, 7) is 6.89. The molecule has 3 aromatic rings. The van der Waals surface area contributed by atoms with E-state index in [-0.39, 0.29) is 0 Å². The van der Waals surface area contributed by atoms with Gasteiger partial charge in [-0.2, -0.15) is 20.1 Å². The molecule has 1 N–H and O–H groups in total. The minimum absolute atomic E-state index is 0.342. The monoisotopic (exact) mass is 531 g/mol. The number of anilines is 3. The van der Waals surface area contributed by atoms with Gasteiger partial charge in [-0.15, -0.1) is 0 Å². The maximum atomic E-state index is 12.5.